The summed E-state index contributed by atoms with van der Waals surface area (Å²) in [7, 11) is 1.56. The number of hydrogen-bond acceptors (Lipinski definition) is 7. The normalized spacial score (nSPS) is 21.9. The van der Waals surface area contributed by atoms with Crippen molar-refractivity contribution in [3.05, 3.63) is 57.8 Å². The molecule has 4 rings (SSSR count). The molecule has 1 aromatic carbocycles. The van der Waals surface area contributed by atoms with E-state index in [0.29, 0.717) is 37.6 Å². The average molecular weight is 429 g/mol. The van der Waals surface area contributed by atoms with E-state index in [1.165, 1.54) is 11.3 Å². The molecule has 3 heterocycles. The first-order chi connectivity index (χ1) is 14.6. The topological polar surface area (TPSA) is 79.3 Å². The number of methoxy groups -OCH3 is 1. The van der Waals surface area contributed by atoms with E-state index in [1.807, 2.05) is 17.5 Å². The van der Waals surface area contributed by atoms with Crippen LogP contribution >= 0.6 is 11.3 Å². The number of benzene rings is 1. The Morgan fingerprint density at radius 1 is 1.17 bits per heavy atom. The van der Waals surface area contributed by atoms with Gasteiger partial charge in [-0.3, -0.25) is 14.5 Å². The number of ketones is 1. The molecule has 2 fully saturated rings. The standard InChI is InChI=1S/C22H24N2O5S/c1-28-16-6-4-15(5-7-16)20(25)18-19(17-3-2-14-30-17)24(22(27)21(18)26)9-8-23-10-12-29-13-11-23/h2-7,14,19,25H,8-13H2,1H3. The van der Waals surface area contributed by atoms with Gasteiger partial charge in [0.15, 0.2) is 0 Å². The third kappa shape index (κ3) is 3.98. The van der Waals surface area contributed by atoms with Crippen molar-refractivity contribution in [3.63, 3.8) is 0 Å². The highest BCUT2D eigenvalue weighted by molar-refractivity contribution is 7.10. The second-order valence-electron chi connectivity index (χ2n) is 7.19. The molecule has 1 atom stereocenters. The monoisotopic (exact) mass is 428 g/mol. The summed E-state index contributed by atoms with van der Waals surface area (Å²) >= 11 is 1.47. The van der Waals surface area contributed by atoms with E-state index >= 15 is 0 Å². The third-order valence-corrected chi connectivity index (χ3v) is 6.40. The number of amides is 1. The smallest absolute Gasteiger partial charge is 0.295 e. The van der Waals surface area contributed by atoms with E-state index in [-0.39, 0.29) is 11.3 Å². The van der Waals surface area contributed by atoms with E-state index in [0.717, 1.165) is 18.0 Å². The molecule has 2 saturated heterocycles. The van der Waals surface area contributed by atoms with Crippen LogP contribution in [-0.2, 0) is 14.3 Å². The maximum atomic E-state index is 12.9. The predicted molar refractivity (Wildman–Crippen MR) is 114 cm³/mol. The fourth-order valence-corrected chi connectivity index (χ4v) is 4.68. The number of likely N-dealkylation sites (tertiary alicyclic amines) is 1. The van der Waals surface area contributed by atoms with Crippen molar-refractivity contribution >= 4 is 28.8 Å². The quantitative estimate of drug-likeness (QED) is 0.433. The summed E-state index contributed by atoms with van der Waals surface area (Å²) in [5.41, 5.74) is 0.609. The predicted octanol–water partition coefficient (Wildman–Crippen LogP) is 2.51. The molecule has 7 nitrogen and oxygen atoms in total. The molecule has 1 N–H and O–H groups in total. The summed E-state index contributed by atoms with van der Waals surface area (Å²) in [4.78, 5) is 30.5. The molecule has 1 unspecified atom stereocenters. The van der Waals surface area contributed by atoms with Gasteiger partial charge in [-0.25, -0.2) is 0 Å². The van der Waals surface area contributed by atoms with Crippen LogP contribution in [0, 0.1) is 0 Å². The zero-order chi connectivity index (χ0) is 21.1. The molecule has 0 aliphatic carbocycles. The molecule has 0 bridgehead atoms. The minimum absolute atomic E-state index is 0.134. The number of ether oxygens (including phenoxy) is 2. The van der Waals surface area contributed by atoms with Gasteiger partial charge < -0.3 is 19.5 Å². The van der Waals surface area contributed by atoms with Crippen LogP contribution in [0.3, 0.4) is 0 Å². The molecule has 1 amide bonds. The lowest BCUT2D eigenvalue weighted by Gasteiger charge is -2.30. The number of aliphatic hydroxyl groups excluding tert-OH is 1. The molecule has 0 saturated carbocycles. The molecule has 0 radical (unpaired) electrons. The zero-order valence-corrected chi connectivity index (χ0v) is 17.6. The van der Waals surface area contributed by atoms with Crippen molar-refractivity contribution in [1.29, 1.82) is 0 Å². The van der Waals surface area contributed by atoms with Crippen LogP contribution in [-0.4, -0.2) is 73.1 Å². The van der Waals surface area contributed by atoms with Crippen LogP contribution in [0.15, 0.2) is 47.4 Å². The Bertz CT molecular complexity index is 933. The van der Waals surface area contributed by atoms with Crippen molar-refractivity contribution in [3.8, 4) is 5.75 Å². The van der Waals surface area contributed by atoms with Crippen LogP contribution in [0.2, 0.25) is 0 Å². The third-order valence-electron chi connectivity index (χ3n) is 5.48. The lowest BCUT2D eigenvalue weighted by Crippen LogP contribution is -2.42. The number of carbonyl (C=O) groups is 2. The van der Waals surface area contributed by atoms with Gasteiger partial charge in [-0.2, -0.15) is 0 Å². The van der Waals surface area contributed by atoms with Crippen molar-refractivity contribution in [2.24, 2.45) is 0 Å². The van der Waals surface area contributed by atoms with Crippen LogP contribution in [0.4, 0.5) is 0 Å². The molecule has 30 heavy (non-hydrogen) atoms. The number of Topliss-reactive ketones (excluding diaryl/α,β-unsaturated/α-hetero) is 1. The summed E-state index contributed by atoms with van der Waals surface area (Å²) in [6.07, 6.45) is 0. The highest BCUT2D eigenvalue weighted by Crippen LogP contribution is 2.41. The van der Waals surface area contributed by atoms with E-state index in [2.05, 4.69) is 4.90 Å². The summed E-state index contributed by atoms with van der Waals surface area (Å²) < 4.78 is 10.5. The van der Waals surface area contributed by atoms with Crippen molar-refractivity contribution in [1.82, 2.24) is 9.80 Å². The van der Waals surface area contributed by atoms with E-state index in [9.17, 15) is 14.7 Å². The van der Waals surface area contributed by atoms with E-state index in [4.69, 9.17) is 9.47 Å². The van der Waals surface area contributed by atoms with Gasteiger partial charge in [-0.1, -0.05) is 6.07 Å². The Morgan fingerprint density at radius 3 is 2.53 bits per heavy atom. The van der Waals surface area contributed by atoms with E-state index in [1.54, 1.807) is 36.3 Å². The van der Waals surface area contributed by atoms with E-state index < -0.39 is 17.7 Å². The van der Waals surface area contributed by atoms with Crippen LogP contribution < -0.4 is 4.74 Å². The average Bonchev–Trinajstić information content (AvgIpc) is 3.40. The second-order valence-corrected chi connectivity index (χ2v) is 8.17. The van der Waals surface area contributed by atoms with Gasteiger partial charge in [0, 0.05) is 36.6 Å². The largest absolute Gasteiger partial charge is 0.507 e. The molecule has 2 aliphatic rings. The zero-order valence-electron chi connectivity index (χ0n) is 16.7. The SMILES string of the molecule is COc1ccc(C(O)=C2C(=O)C(=O)N(CCN3CCOCC3)C2c2cccs2)cc1. The Balaban J connectivity index is 1.67. The summed E-state index contributed by atoms with van der Waals surface area (Å²) in [5.74, 6) is -0.740. The number of rotatable bonds is 6. The molecule has 8 heteroatoms. The number of morpholine rings is 1. The van der Waals surface area contributed by atoms with Gasteiger partial charge in [0.25, 0.3) is 11.7 Å². The Hall–Kier alpha value is -2.68. The van der Waals surface area contributed by atoms with Gasteiger partial charge in [0.1, 0.15) is 11.5 Å². The highest BCUT2D eigenvalue weighted by atomic mass is 32.1. The van der Waals surface area contributed by atoms with Crippen LogP contribution in [0.5, 0.6) is 5.75 Å². The van der Waals surface area contributed by atoms with Gasteiger partial charge in [0.05, 0.1) is 31.9 Å². The summed E-state index contributed by atoms with van der Waals surface area (Å²) in [6.45, 7) is 4.02. The molecule has 2 aromatic rings. The Labute approximate surface area is 179 Å². The van der Waals surface area contributed by atoms with Crippen LogP contribution in [0.1, 0.15) is 16.5 Å². The Kier molecular flexibility index (Phi) is 6.17. The van der Waals surface area contributed by atoms with Crippen molar-refractivity contribution in [2.75, 3.05) is 46.5 Å². The number of hydrogen-bond donors (Lipinski definition) is 1. The molecular formula is C22H24N2O5S. The summed E-state index contributed by atoms with van der Waals surface area (Å²) in [6, 6.07) is 9.97. The first kappa shape index (κ1) is 20.6. The number of aliphatic hydroxyl groups is 1. The highest BCUT2D eigenvalue weighted by Gasteiger charge is 2.46. The number of carbonyl (C=O) groups excluding carboxylic acids is 2. The fraction of sp³-hybridized carbons (Fsp3) is 0.364. The number of thiophene rings is 1. The Morgan fingerprint density at radius 2 is 1.90 bits per heavy atom. The molecule has 0 spiro atoms. The first-order valence-electron chi connectivity index (χ1n) is 9.86. The number of nitrogens with zero attached hydrogens (tertiary/aromatic N) is 2. The molecule has 1 aromatic heterocycles. The van der Waals surface area contributed by atoms with Gasteiger partial charge >= 0.3 is 0 Å². The lowest BCUT2D eigenvalue weighted by atomic mass is 10.00. The minimum Gasteiger partial charge on any atom is -0.507 e. The maximum absolute atomic E-state index is 12.9. The molecular weight excluding hydrogens is 404 g/mol. The van der Waals surface area contributed by atoms with Gasteiger partial charge in [-0.15, -0.1) is 11.3 Å². The van der Waals surface area contributed by atoms with Crippen LogP contribution in [0.25, 0.3) is 5.76 Å². The van der Waals surface area contributed by atoms with Crippen molar-refractivity contribution in [2.45, 2.75) is 6.04 Å². The fourth-order valence-electron chi connectivity index (χ4n) is 3.83. The van der Waals surface area contributed by atoms with Gasteiger partial charge in [0.2, 0.25) is 0 Å². The maximum Gasteiger partial charge on any atom is 0.295 e. The molecule has 2 aliphatic heterocycles. The first-order valence-corrected chi connectivity index (χ1v) is 10.7. The van der Waals surface area contributed by atoms with Gasteiger partial charge in [-0.05, 0) is 35.7 Å². The minimum atomic E-state index is -0.649. The second kappa shape index (κ2) is 8.99. The van der Waals surface area contributed by atoms with Crippen molar-refractivity contribution < 1.29 is 24.2 Å². The lowest BCUT2D eigenvalue weighted by molar-refractivity contribution is -0.140. The molecule has 158 valence electrons. The summed E-state index contributed by atoms with van der Waals surface area (Å²) in [5, 5.41) is 12.9.